The summed E-state index contributed by atoms with van der Waals surface area (Å²) in [4.78, 5) is 18.8. The van der Waals surface area contributed by atoms with E-state index in [0.29, 0.717) is 12.6 Å². The molecule has 0 saturated heterocycles. The van der Waals surface area contributed by atoms with Crippen LogP contribution in [0.4, 0.5) is 0 Å². The van der Waals surface area contributed by atoms with Crippen LogP contribution >= 0.6 is 0 Å². The van der Waals surface area contributed by atoms with Crippen molar-refractivity contribution in [3.05, 3.63) is 87.5 Å². The van der Waals surface area contributed by atoms with Gasteiger partial charge in [-0.05, 0) is 76.7 Å². The van der Waals surface area contributed by atoms with Crippen molar-refractivity contribution in [1.82, 2.24) is 30.1 Å². The van der Waals surface area contributed by atoms with Crippen molar-refractivity contribution in [3.8, 4) is 0 Å². The smallest absolute Gasteiger partial charge is 0.252 e. The monoisotopic (exact) mass is 498 g/mol. The molecule has 1 N–H and O–H groups in total. The highest BCUT2D eigenvalue weighted by atomic mass is 16.1. The third-order valence-electron chi connectivity index (χ3n) is 7.78. The summed E-state index contributed by atoms with van der Waals surface area (Å²) in [6.07, 6.45) is 6.54. The van der Waals surface area contributed by atoms with E-state index in [1.165, 1.54) is 24.0 Å². The van der Waals surface area contributed by atoms with Gasteiger partial charge < -0.3 is 4.98 Å². The van der Waals surface area contributed by atoms with Crippen LogP contribution in [0.2, 0.25) is 0 Å². The van der Waals surface area contributed by atoms with Crippen molar-refractivity contribution in [1.29, 1.82) is 0 Å². The lowest BCUT2D eigenvalue weighted by Crippen LogP contribution is -2.37. The van der Waals surface area contributed by atoms with Crippen LogP contribution in [0.1, 0.15) is 81.1 Å². The number of aromatic nitrogens is 5. The molecule has 1 aliphatic carbocycles. The zero-order valence-electron chi connectivity index (χ0n) is 22.2. The van der Waals surface area contributed by atoms with Gasteiger partial charge in [-0.3, -0.25) is 9.69 Å². The number of H-pyrrole nitrogens is 1. The van der Waals surface area contributed by atoms with Crippen LogP contribution in [0.15, 0.2) is 59.4 Å². The van der Waals surface area contributed by atoms with Crippen LogP contribution in [-0.2, 0) is 19.4 Å². The standard InChI is InChI=1S/C30H38N6O/c1-4-22-14-15-27-24(18-22)19-25(30(37)31-27)20-35(17-16-23-10-6-5-7-11-23)28(21(2)3)29-32-33-34-36(29)26-12-8-9-13-26/h5-7,10-11,14-15,18-19,21,26,28H,4,8-9,12-13,16-17,20H2,1-3H3,(H,31,37)/t28-/m1/s1. The predicted molar refractivity (Wildman–Crippen MR) is 147 cm³/mol. The molecule has 4 aromatic rings. The number of hydrogen-bond donors (Lipinski definition) is 1. The van der Waals surface area contributed by atoms with Gasteiger partial charge in [0, 0.05) is 24.2 Å². The van der Waals surface area contributed by atoms with Gasteiger partial charge in [0.05, 0.1) is 12.1 Å². The summed E-state index contributed by atoms with van der Waals surface area (Å²) in [6, 6.07) is 19.3. The Labute approximate surface area is 218 Å². The van der Waals surface area contributed by atoms with Crippen LogP contribution in [0.25, 0.3) is 10.9 Å². The lowest BCUT2D eigenvalue weighted by Gasteiger charge is -2.34. The second-order valence-electron chi connectivity index (χ2n) is 10.7. The van der Waals surface area contributed by atoms with Crippen molar-refractivity contribution in [2.45, 2.75) is 77.9 Å². The highest BCUT2D eigenvalue weighted by molar-refractivity contribution is 5.79. The Kier molecular flexibility index (Phi) is 7.79. The van der Waals surface area contributed by atoms with E-state index in [1.54, 1.807) is 0 Å². The zero-order valence-corrected chi connectivity index (χ0v) is 22.2. The SMILES string of the molecule is CCc1ccc2[nH]c(=O)c(CN(CCc3ccccc3)[C@@H](c3nnnn3C3CCCC3)C(C)C)cc2c1. The Morgan fingerprint density at radius 2 is 1.84 bits per heavy atom. The Bertz CT molecular complexity index is 1370. The Morgan fingerprint density at radius 3 is 2.57 bits per heavy atom. The lowest BCUT2D eigenvalue weighted by atomic mass is 9.99. The third-order valence-corrected chi connectivity index (χ3v) is 7.78. The molecule has 1 aliphatic rings. The van der Waals surface area contributed by atoms with E-state index in [2.05, 4.69) is 93.3 Å². The molecule has 2 heterocycles. The highest BCUT2D eigenvalue weighted by Gasteiger charge is 2.32. The molecule has 7 heteroatoms. The van der Waals surface area contributed by atoms with Crippen molar-refractivity contribution in [2.75, 3.05) is 6.54 Å². The molecule has 194 valence electrons. The minimum Gasteiger partial charge on any atom is -0.322 e. The average Bonchev–Trinajstić information content (AvgIpc) is 3.60. The van der Waals surface area contributed by atoms with E-state index < -0.39 is 0 Å². The van der Waals surface area contributed by atoms with Crippen LogP contribution < -0.4 is 5.56 Å². The number of aryl methyl sites for hydroxylation is 1. The van der Waals surface area contributed by atoms with Gasteiger partial charge in [0.25, 0.3) is 5.56 Å². The summed E-state index contributed by atoms with van der Waals surface area (Å²) in [7, 11) is 0. The van der Waals surface area contributed by atoms with E-state index in [1.807, 2.05) is 12.1 Å². The molecule has 1 fully saturated rings. The summed E-state index contributed by atoms with van der Waals surface area (Å²) in [5.74, 6) is 1.19. The van der Waals surface area contributed by atoms with Gasteiger partial charge in [-0.15, -0.1) is 5.10 Å². The van der Waals surface area contributed by atoms with Crippen LogP contribution in [-0.4, -0.2) is 36.6 Å². The van der Waals surface area contributed by atoms with E-state index in [9.17, 15) is 4.79 Å². The Morgan fingerprint density at radius 1 is 1.05 bits per heavy atom. The van der Waals surface area contributed by atoms with E-state index >= 15 is 0 Å². The highest BCUT2D eigenvalue weighted by Crippen LogP contribution is 2.34. The summed E-state index contributed by atoms with van der Waals surface area (Å²) < 4.78 is 2.07. The first kappa shape index (κ1) is 25.3. The minimum absolute atomic E-state index is 0.00335. The predicted octanol–water partition coefficient (Wildman–Crippen LogP) is 5.63. The molecule has 0 spiro atoms. The fourth-order valence-electron chi connectivity index (χ4n) is 5.78. The molecule has 0 amide bonds. The lowest BCUT2D eigenvalue weighted by molar-refractivity contribution is 0.133. The Hall–Kier alpha value is -3.32. The number of hydrogen-bond acceptors (Lipinski definition) is 5. The molecule has 5 rings (SSSR count). The maximum absolute atomic E-state index is 13.2. The third kappa shape index (κ3) is 5.67. The quantitative estimate of drug-likeness (QED) is 0.306. The van der Waals surface area contributed by atoms with E-state index in [0.717, 1.165) is 54.5 Å². The summed E-state index contributed by atoms with van der Waals surface area (Å²) in [5, 5.41) is 14.2. The summed E-state index contributed by atoms with van der Waals surface area (Å²) in [5.41, 5.74) is 4.18. The van der Waals surface area contributed by atoms with Crippen LogP contribution in [0, 0.1) is 5.92 Å². The maximum Gasteiger partial charge on any atom is 0.252 e. The second kappa shape index (κ2) is 11.4. The van der Waals surface area contributed by atoms with Crippen molar-refractivity contribution < 1.29 is 0 Å². The zero-order chi connectivity index (χ0) is 25.8. The van der Waals surface area contributed by atoms with Gasteiger partial charge in [0.1, 0.15) is 0 Å². The molecule has 1 saturated carbocycles. The first-order valence-electron chi connectivity index (χ1n) is 13.7. The molecule has 1 atom stereocenters. The summed E-state index contributed by atoms with van der Waals surface area (Å²) >= 11 is 0. The minimum atomic E-state index is -0.0284. The normalized spacial score (nSPS) is 15.3. The maximum atomic E-state index is 13.2. The number of tetrazole rings is 1. The largest absolute Gasteiger partial charge is 0.322 e. The topological polar surface area (TPSA) is 79.7 Å². The first-order valence-corrected chi connectivity index (χ1v) is 13.7. The van der Waals surface area contributed by atoms with Crippen LogP contribution in [0.3, 0.4) is 0 Å². The molecular formula is C30H38N6O. The van der Waals surface area contributed by atoms with Gasteiger partial charge in [0.15, 0.2) is 5.82 Å². The number of pyridine rings is 1. The number of nitrogens with zero attached hydrogens (tertiary/aromatic N) is 5. The van der Waals surface area contributed by atoms with Gasteiger partial charge in [-0.25, -0.2) is 4.68 Å². The summed E-state index contributed by atoms with van der Waals surface area (Å²) in [6.45, 7) is 7.95. The average molecular weight is 499 g/mol. The number of rotatable bonds is 10. The molecule has 2 aromatic heterocycles. The molecule has 2 aromatic carbocycles. The van der Waals surface area contributed by atoms with Crippen molar-refractivity contribution in [2.24, 2.45) is 5.92 Å². The molecule has 0 aliphatic heterocycles. The molecule has 0 bridgehead atoms. The molecular weight excluding hydrogens is 460 g/mol. The van der Waals surface area contributed by atoms with Crippen LogP contribution in [0.5, 0.6) is 0 Å². The molecule has 0 radical (unpaired) electrons. The van der Waals surface area contributed by atoms with E-state index in [4.69, 9.17) is 0 Å². The van der Waals surface area contributed by atoms with Gasteiger partial charge in [-0.2, -0.15) is 0 Å². The first-order chi connectivity index (χ1) is 18.0. The van der Waals surface area contributed by atoms with Crippen molar-refractivity contribution >= 4 is 10.9 Å². The molecule has 7 nitrogen and oxygen atoms in total. The number of benzene rings is 2. The van der Waals surface area contributed by atoms with Gasteiger partial charge in [0.2, 0.25) is 0 Å². The number of aromatic amines is 1. The molecule has 0 unspecified atom stereocenters. The van der Waals surface area contributed by atoms with Gasteiger partial charge in [-0.1, -0.05) is 70.0 Å². The number of nitrogens with one attached hydrogen (secondary N) is 1. The Balaban J connectivity index is 1.52. The van der Waals surface area contributed by atoms with Crippen molar-refractivity contribution in [3.63, 3.8) is 0 Å². The molecule has 37 heavy (non-hydrogen) atoms. The second-order valence-corrected chi connectivity index (χ2v) is 10.7. The van der Waals surface area contributed by atoms with E-state index in [-0.39, 0.29) is 17.5 Å². The number of fused-ring (bicyclic) bond motifs is 1. The fourth-order valence-corrected chi connectivity index (χ4v) is 5.78. The fraction of sp³-hybridized carbons (Fsp3) is 0.467. The van der Waals surface area contributed by atoms with Gasteiger partial charge >= 0.3 is 0 Å².